The lowest BCUT2D eigenvalue weighted by molar-refractivity contribution is 0.0674. The summed E-state index contributed by atoms with van der Waals surface area (Å²) in [6.45, 7) is 15.7. The van der Waals surface area contributed by atoms with Crippen molar-refractivity contribution in [3.63, 3.8) is 0 Å². The SMILES string of the molecule is CCN(C(=O)OC(C)C)C(C)Cc1ccc2c(c1)OCO2.CCOC(=O)N(CC)C(C)Cc1ccc2c(c1)OCO2. The number of rotatable bonds is 10. The Morgan fingerprint density at radius 2 is 1.15 bits per heavy atom. The van der Waals surface area contributed by atoms with Crippen molar-refractivity contribution >= 4 is 12.2 Å². The smallest absolute Gasteiger partial charge is 0.410 e. The molecule has 2 unspecified atom stereocenters. The molecule has 10 heteroatoms. The van der Waals surface area contributed by atoms with Crippen LogP contribution in [0.15, 0.2) is 36.4 Å². The van der Waals surface area contributed by atoms with Crippen LogP contribution in [0.4, 0.5) is 9.59 Å². The summed E-state index contributed by atoms with van der Waals surface area (Å²) in [4.78, 5) is 27.4. The average molecular weight is 573 g/mol. The van der Waals surface area contributed by atoms with E-state index in [1.807, 2.05) is 84.9 Å². The van der Waals surface area contributed by atoms with E-state index in [4.69, 9.17) is 28.4 Å². The van der Waals surface area contributed by atoms with Crippen LogP contribution in [0.2, 0.25) is 0 Å². The van der Waals surface area contributed by atoms with Gasteiger partial charge >= 0.3 is 12.2 Å². The predicted octanol–water partition coefficient (Wildman–Crippen LogP) is 6.04. The minimum atomic E-state index is -0.263. The number of likely N-dealkylation sites (N-methyl/N-ethyl adjacent to an activating group) is 2. The molecule has 0 saturated heterocycles. The van der Waals surface area contributed by atoms with Gasteiger partial charge in [-0.2, -0.15) is 0 Å². The van der Waals surface area contributed by atoms with Crippen LogP contribution in [0.3, 0.4) is 0 Å². The fraction of sp³-hybridized carbons (Fsp3) is 0.548. The Labute approximate surface area is 243 Å². The topological polar surface area (TPSA) is 96.0 Å². The molecule has 10 nitrogen and oxygen atoms in total. The van der Waals surface area contributed by atoms with Gasteiger partial charge in [0.2, 0.25) is 13.6 Å². The molecule has 2 aliphatic heterocycles. The molecular formula is C31H44N2O8. The van der Waals surface area contributed by atoms with Gasteiger partial charge in [0.15, 0.2) is 23.0 Å². The molecule has 2 aromatic carbocycles. The van der Waals surface area contributed by atoms with Gasteiger partial charge in [-0.15, -0.1) is 0 Å². The second-order valence-electron chi connectivity index (χ2n) is 10.2. The van der Waals surface area contributed by atoms with Gasteiger partial charge in [0, 0.05) is 25.2 Å². The lowest BCUT2D eigenvalue weighted by Crippen LogP contribution is -2.40. The van der Waals surface area contributed by atoms with Crippen LogP contribution in [0, 0.1) is 0 Å². The maximum atomic E-state index is 12.1. The number of hydrogen-bond donors (Lipinski definition) is 0. The molecule has 0 fully saturated rings. The highest BCUT2D eigenvalue weighted by Crippen LogP contribution is 2.34. The van der Waals surface area contributed by atoms with Crippen LogP contribution in [-0.2, 0) is 22.3 Å². The molecule has 0 saturated carbocycles. The van der Waals surface area contributed by atoms with Gasteiger partial charge in [0.05, 0.1) is 12.7 Å². The number of hydrogen-bond acceptors (Lipinski definition) is 8. The summed E-state index contributed by atoms with van der Waals surface area (Å²) < 4.78 is 31.7. The maximum Gasteiger partial charge on any atom is 0.410 e. The third-order valence-electron chi connectivity index (χ3n) is 6.76. The molecule has 0 aliphatic carbocycles. The summed E-state index contributed by atoms with van der Waals surface area (Å²) in [6, 6.07) is 11.9. The lowest BCUT2D eigenvalue weighted by Gasteiger charge is -2.28. The number of fused-ring (bicyclic) bond motifs is 2. The van der Waals surface area contributed by atoms with Crippen LogP contribution in [0.25, 0.3) is 0 Å². The number of carbonyl (C=O) groups excluding carboxylic acids is 2. The van der Waals surface area contributed by atoms with Crippen molar-refractivity contribution in [1.82, 2.24) is 9.80 Å². The minimum Gasteiger partial charge on any atom is -0.454 e. The van der Waals surface area contributed by atoms with E-state index >= 15 is 0 Å². The Morgan fingerprint density at radius 1 is 0.707 bits per heavy atom. The first-order valence-electron chi connectivity index (χ1n) is 14.3. The molecule has 4 rings (SSSR count). The van der Waals surface area contributed by atoms with Crippen molar-refractivity contribution in [3.8, 4) is 23.0 Å². The number of ether oxygens (including phenoxy) is 6. The highest BCUT2D eigenvalue weighted by atomic mass is 16.7. The van der Waals surface area contributed by atoms with Gasteiger partial charge in [0.1, 0.15) is 0 Å². The summed E-state index contributed by atoms with van der Waals surface area (Å²) in [7, 11) is 0. The third-order valence-corrected chi connectivity index (χ3v) is 6.76. The maximum absolute atomic E-state index is 12.1. The fourth-order valence-corrected chi connectivity index (χ4v) is 4.76. The molecule has 0 bridgehead atoms. The first-order valence-corrected chi connectivity index (χ1v) is 14.3. The van der Waals surface area contributed by atoms with E-state index in [0.29, 0.717) is 19.7 Å². The molecule has 0 N–H and O–H groups in total. The first kappa shape index (κ1) is 31.7. The third kappa shape index (κ3) is 8.83. The zero-order valence-corrected chi connectivity index (χ0v) is 25.3. The van der Waals surface area contributed by atoms with Crippen LogP contribution in [-0.4, -0.2) is 73.5 Å². The van der Waals surface area contributed by atoms with Crippen LogP contribution >= 0.6 is 0 Å². The molecule has 2 heterocycles. The largest absolute Gasteiger partial charge is 0.454 e. The Bertz CT molecular complexity index is 1150. The molecule has 0 spiro atoms. The van der Waals surface area contributed by atoms with Crippen molar-refractivity contribution in [2.75, 3.05) is 33.3 Å². The number of carbonyl (C=O) groups is 2. The summed E-state index contributed by atoms with van der Waals surface area (Å²) in [5, 5.41) is 0. The first-order chi connectivity index (χ1) is 19.7. The molecule has 2 atom stereocenters. The zero-order chi connectivity index (χ0) is 29.9. The summed E-state index contributed by atoms with van der Waals surface area (Å²) in [6.07, 6.45) is 0.870. The Morgan fingerprint density at radius 3 is 1.56 bits per heavy atom. The fourth-order valence-electron chi connectivity index (χ4n) is 4.76. The highest BCUT2D eigenvalue weighted by Gasteiger charge is 2.23. The molecule has 2 aliphatic rings. The standard InChI is InChI=1S/C16H23NO4.C15H21NO4/c1-5-17(16(18)21-11(2)3)12(4)8-13-6-7-14-15(9-13)20-10-19-14;1-4-16(15(17)18-5-2)11(3)8-12-6-7-13-14(9-12)20-10-19-13/h6-7,9,11-12H,5,8,10H2,1-4H3;6-7,9,11H,4-5,8,10H2,1-3H3. The summed E-state index contributed by atoms with van der Waals surface area (Å²) >= 11 is 0. The Kier molecular flexibility index (Phi) is 11.8. The highest BCUT2D eigenvalue weighted by molar-refractivity contribution is 5.68. The van der Waals surface area contributed by atoms with E-state index in [1.165, 1.54) is 0 Å². The molecule has 0 aromatic heterocycles. The van der Waals surface area contributed by atoms with Gasteiger partial charge in [0.25, 0.3) is 0 Å². The van der Waals surface area contributed by atoms with E-state index in [9.17, 15) is 9.59 Å². The van der Waals surface area contributed by atoms with Gasteiger partial charge in [-0.25, -0.2) is 9.59 Å². The van der Waals surface area contributed by atoms with E-state index in [2.05, 4.69) is 0 Å². The summed E-state index contributed by atoms with van der Waals surface area (Å²) in [5.74, 6) is 3.10. The Balaban J connectivity index is 0.000000226. The summed E-state index contributed by atoms with van der Waals surface area (Å²) in [5.41, 5.74) is 2.23. The molecular weight excluding hydrogens is 528 g/mol. The predicted molar refractivity (Wildman–Crippen MR) is 155 cm³/mol. The molecule has 226 valence electrons. The average Bonchev–Trinajstić information content (AvgIpc) is 3.58. The van der Waals surface area contributed by atoms with Crippen molar-refractivity contribution in [1.29, 1.82) is 0 Å². The van der Waals surface area contributed by atoms with Crippen molar-refractivity contribution < 1.29 is 38.0 Å². The number of nitrogens with zero attached hydrogens (tertiary/aromatic N) is 2. The van der Waals surface area contributed by atoms with Crippen molar-refractivity contribution in [2.45, 2.75) is 79.5 Å². The molecule has 2 amide bonds. The van der Waals surface area contributed by atoms with E-state index in [1.54, 1.807) is 9.80 Å². The Hall–Kier alpha value is -3.82. The normalized spacial score (nSPS) is 14.0. The lowest BCUT2D eigenvalue weighted by atomic mass is 10.1. The molecule has 2 aromatic rings. The number of benzene rings is 2. The van der Waals surface area contributed by atoms with Gasteiger partial charge < -0.3 is 38.2 Å². The zero-order valence-electron chi connectivity index (χ0n) is 25.3. The van der Waals surface area contributed by atoms with E-state index in [0.717, 1.165) is 47.0 Å². The van der Waals surface area contributed by atoms with Crippen LogP contribution in [0.1, 0.15) is 59.6 Å². The van der Waals surface area contributed by atoms with E-state index in [-0.39, 0.29) is 44.0 Å². The molecule has 0 radical (unpaired) electrons. The van der Waals surface area contributed by atoms with Gasteiger partial charge in [-0.3, -0.25) is 0 Å². The number of amides is 2. The second kappa shape index (κ2) is 15.3. The van der Waals surface area contributed by atoms with Crippen LogP contribution < -0.4 is 18.9 Å². The van der Waals surface area contributed by atoms with Gasteiger partial charge in [-0.1, -0.05) is 12.1 Å². The van der Waals surface area contributed by atoms with Crippen LogP contribution in [0.5, 0.6) is 23.0 Å². The monoisotopic (exact) mass is 572 g/mol. The quantitative estimate of drug-likeness (QED) is 0.340. The van der Waals surface area contributed by atoms with Crippen molar-refractivity contribution in [2.24, 2.45) is 0 Å². The van der Waals surface area contributed by atoms with Gasteiger partial charge in [-0.05, 0) is 96.7 Å². The minimum absolute atomic E-state index is 0.0571. The second-order valence-corrected chi connectivity index (χ2v) is 10.2. The molecule has 41 heavy (non-hydrogen) atoms. The van der Waals surface area contributed by atoms with E-state index < -0.39 is 0 Å². The van der Waals surface area contributed by atoms with Crippen molar-refractivity contribution in [3.05, 3.63) is 47.5 Å².